The molecule has 168 valence electrons. The van der Waals surface area contributed by atoms with Crippen LogP contribution in [0.2, 0.25) is 0 Å². The van der Waals surface area contributed by atoms with E-state index in [9.17, 15) is 0 Å². The summed E-state index contributed by atoms with van der Waals surface area (Å²) in [6.45, 7) is 27.5. The third-order valence-electron chi connectivity index (χ3n) is 9.19. The number of nitrogens with zero attached hydrogens (tertiary/aromatic N) is 4. The highest BCUT2D eigenvalue weighted by Crippen LogP contribution is 2.45. The number of hydrogen-bond acceptors (Lipinski definition) is 4. The van der Waals surface area contributed by atoms with Crippen molar-refractivity contribution in [1.82, 2.24) is 19.6 Å². The summed E-state index contributed by atoms with van der Waals surface area (Å²) >= 11 is 0. The van der Waals surface area contributed by atoms with Crippen LogP contribution in [0.15, 0.2) is 0 Å². The molecule has 0 N–H and O–H groups in total. The highest BCUT2D eigenvalue weighted by molar-refractivity contribution is 5.07. The number of hydrogen-bond donors (Lipinski definition) is 0. The van der Waals surface area contributed by atoms with Gasteiger partial charge in [0.2, 0.25) is 0 Å². The first-order valence-electron chi connectivity index (χ1n) is 12.5. The standard InChI is InChI=1S/C25H48N4/c1-20(2)26-11-8-24(15-26)9-13-28(16-24)22(5)14-23(6,7)29-18-25(19-29)10-12-27(17-25)21(3)4/h20-22H,8-19H2,1-7H3. The van der Waals surface area contributed by atoms with Gasteiger partial charge in [0.25, 0.3) is 0 Å². The normalized spacial score (nSPS) is 33.0. The second kappa shape index (κ2) is 7.76. The molecule has 4 fully saturated rings. The Hall–Kier alpha value is -0.160. The van der Waals surface area contributed by atoms with Gasteiger partial charge in [-0.1, -0.05) is 0 Å². The molecule has 4 nitrogen and oxygen atoms in total. The molecule has 0 aromatic heterocycles. The molecule has 4 aliphatic heterocycles. The van der Waals surface area contributed by atoms with Crippen molar-refractivity contribution in [2.24, 2.45) is 10.8 Å². The van der Waals surface area contributed by atoms with Gasteiger partial charge in [-0.3, -0.25) is 9.80 Å². The molecule has 4 heterocycles. The van der Waals surface area contributed by atoms with E-state index >= 15 is 0 Å². The summed E-state index contributed by atoms with van der Waals surface area (Å²) in [5, 5.41) is 0. The van der Waals surface area contributed by atoms with E-state index in [4.69, 9.17) is 0 Å². The van der Waals surface area contributed by atoms with Crippen LogP contribution < -0.4 is 0 Å². The quantitative estimate of drug-likeness (QED) is 0.668. The fraction of sp³-hybridized carbons (Fsp3) is 1.00. The topological polar surface area (TPSA) is 13.0 Å². The van der Waals surface area contributed by atoms with Gasteiger partial charge in [-0.05, 0) is 99.2 Å². The largest absolute Gasteiger partial charge is 0.300 e. The van der Waals surface area contributed by atoms with Crippen LogP contribution >= 0.6 is 0 Å². The van der Waals surface area contributed by atoms with E-state index in [1.54, 1.807) is 0 Å². The number of likely N-dealkylation sites (tertiary alicyclic amines) is 4. The molecule has 4 saturated heterocycles. The Kier molecular flexibility index (Phi) is 5.90. The van der Waals surface area contributed by atoms with Crippen LogP contribution in [-0.4, -0.2) is 95.6 Å². The summed E-state index contributed by atoms with van der Waals surface area (Å²) in [5.41, 5.74) is 1.52. The van der Waals surface area contributed by atoms with Crippen molar-refractivity contribution in [3.05, 3.63) is 0 Å². The van der Waals surface area contributed by atoms with Gasteiger partial charge >= 0.3 is 0 Å². The molecule has 2 unspecified atom stereocenters. The summed E-state index contributed by atoms with van der Waals surface area (Å²) in [5.74, 6) is 0. The first-order valence-corrected chi connectivity index (χ1v) is 12.5. The minimum Gasteiger partial charge on any atom is -0.300 e. The Morgan fingerprint density at radius 2 is 1.10 bits per heavy atom. The third kappa shape index (κ3) is 4.29. The molecule has 2 atom stereocenters. The molecule has 0 radical (unpaired) electrons. The van der Waals surface area contributed by atoms with E-state index in [0.29, 0.717) is 34.5 Å². The lowest BCUT2D eigenvalue weighted by atomic mass is 9.75. The summed E-state index contributed by atoms with van der Waals surface area (Å²) in [4.78, 5) is 11.0. The van der Waals surface area contributed by atoms with Crippen molar-refractivity contribution < 1.29 is 0 Å². The second-order valence-corrected chi connectivity index (χ2v) is 12.6. The molecule has 0 aromatic rings. The maximum Gasteiger partial charge on any atom is 0.0168 e. The minimum absolute atomic E-state index is 0.325. The lowest BCUT2D eigenvalue weighted by Crippen LogP contribution is -2.65. The summed E-state index contributed by atoms with van der Waals surface area (Å²) in [6.07, 6.45) is 5.55. The van der Waals surface area contributed by atoms with Gasteiger partial charge in [0, 0.05) is 61.8 Å². The molecule has 4 aliphatic rings. The predicted molar refractivity (Wildman–Crippen MR) is 123 cm³/mol. The number of rotatable bonds is 6. The molecule has 29 heavy (non-hydrogen) atoms. The fourth-order valence-corrected chi connectivity index (χ4v) is 6.93. The van der Waals surface area contributed by atoms with Crippen LogP contribution in [0.25, 0.3) is 0 Å². The molecule has 0 aliphatic carbocycles. The average Bonchev–Trinajstić information content (AvgIpc) is 3.32. The summed E-state index contributed by atoms with van der Waals surface area (Å²) in [7, 11) is 0. The van der Waals surface area contributed by atoms with Crippen molar-refractivity contribution >= 4 is 0 Å². The lowest BCUT2D eigenvalue weighted by Gasteiger charge is -2.56. The van der Waals surface area contributed by atoms with Crippen LogP contribution in [0.3, 0.4) is 0 Å². The fourth-order valence-electron chi connectivity index (χ4n) is 6.93. The van der Waals surface area contributed by atoms with E-state index in [0.717, 1.165) is 0 Å². The monoisotopic (exact) mass is 404 g/mol. The van der Waals surface area contributed by atoms with Gasteiger partial charge in [0.15, 0.2) is 0 Å². The van der Waals surface area contributed by atoms with Gasteiger partial charge in [-0.25, -0.2) is 0 Å². The maximum atomic E-state index is 2.83. The molecule has 4 heteroatoms. The molecule has 0 amide bonds. The third-order valence-corrected chi connectivity index (χ3v) is 9.19. The molecule has 0 aromatic carbocycles. The van der Waals surface area contributed by atoms with Crippen LogP contribution in [-0.2, 0) is 0 Å². The van der Waals surface area contributed by atoms with Gasteiger partial charge in [-0.15, -0.1) is 0 Å². The zero-order valence-electron chi connectivity index (χ0n) is 20.5. The first kappa shape index (κ1) is 22.0. The molecule has 0 bridgehead atoms. The van der Waals surface area contributed by atoms with E-state index in [1.807, 2.05) is 0 Å². The van der Waals surface area contributed by atoms with Gasteiger partial charge in [0.1, 0.15) is 0 Å². The predicted octanol–water partition coefficient (Wildman–Crippen LogP) is 3.77. The minimum atomic E-state index is 0.325. The Bertz CT molecular complexity index is 579. The van der Waals surface area contributed by atoms with Crippen LogP contribution in [0.4, 0.5) is 0 Å². The Labute approximate surface area is 181 Å². The SMILES string of the molecule is CC(C)N1CCC2(CCN(C(C)CC(C)(C)N3CC4(CCN(C(C)C)C4)C3)C2)C1. The van der Waals surface area contributed by atoms with Crippen molar-refractivity contribution in [3.63, 3.8) is 0 Å². The molecular weight excluding hydrogens is 356 g/mol. The zero-order valence-corrected chi connectivity index (χ0v) is 20.5. The Morgan fingerprint density at radius 3 is 1.62 bits per heavy atom. The average molecular weight is 405 g/mol. The highest BCUT2D eigenvalue weighted by atomic mass is 15.3. The lowest BCUT2D eigenvalue weighted by molar-refractivity contribution is -0.0701. The first-order chi connectivity index (χ1) is 13.5. The molecular formula is C25H48N4. The van der Waals surface area contributed by atoms with Crippen LogP contribution in [0, 0.1) is 10.8 Å². The van der Waals surface area contributed by atoms with Gasteiger partial charge in [-0.2, -0.15) is 0 Å². The van der Waals surface area contributed by atoms with Crippen LogP contribution in [0.1, 0.15) is 74.1 Å². The van der Waals surface area contributed by atoms with Crippen LogP contribution in [0.5, 0.6) is 0 Å². The second-order valence-electron chi connectivity index (χ2n) is 12.6. The van der Waals surface area contributed by atoms with E-state index in [1.165, 1.54) is 78.0 Å². The van der Waals surface area contributed by atoms with Crippen molar-refractivity contribution in [2.75, 3.05) is 52.4 Å². The highest BCUT2D eigenvalue weighted by Gasteiger charge is 2.52. The summed E-state index contributed by atoms with van der Waals surface area (Å²) in [6, 6.07) is 2.12. The van der Waals surface area contributed by atoms with Crippen molar-refractivity contribution in [2.45, 2.75) is 97.8 Å². The van der Waals surface area contributed by atoms with Gasteiger partial charge in [0.05, 0.1) is 0 Å². The maximum absolute atomic E-state index is 2.83. The van der Waals surface area contributed by atoms with E-state index in [2.05, 4.69) is 68.1 Å². The Morgan fingerprint density at radius 1 is 0.655 bits per heavy atom. The van der Waals surface area contributed by atoms with E-state index in [-0.39, 0.29) is 0 Å². The smallest absolute Gasteiger partial charge is 0.0168 e. The zero-order chi connectivity index (χ0) is 21.0. The molecule has 0 saturated carbocycles. The Balaban J connectivity index is 1.27. The van der Waals surface area contributed by atoms with E-state index < -0.39 is 0 Å². The van der Waals surface area contributed by atoms with Gasteiger partial charge < -0.3 is 9.80 Å². The van der Waals surface area contributed by atoms with Crippen molar-refractivity contribution in [3.8, 4) is 0 Å². The molecule has 2 spiro atoms. The van der Waals surface area contributed by atoms with Crippen molar-refractivity contribution in [1.29, 1.82) is 0 Å². The summed E-state index contributed by atoms with van der Waals surface area (Å²) < 4.78 is 0. The molecule has 4 rings (SSSR count).